The van der Waals surface area contributed by atoms with Crippen LogP contribution in [-0.2, 0) is 11.3 Å². The van der Waals surface area contributed by atoms with Crippen molar-refractivity contribution in [2.45, 2.75) is 52.3 Å². The first-order valence-electron chi connectivity index (χ1n) is 9.75. The van der Waals surface area contributed by atoms with Crippen LogP contribution in [-0.4, -0.2) is 55.8 Å². The predicted molar refractivity (Wildman–Crippen MR) is 126 cm³/mol. The Kier molecular flexibility index (Phi) is 11.2. The minimum Gasteiger partial charge on any atom is -0.378 e. The smallest absolute Gasteiger partial charge is 0.319 e. The number of carbonyl (C=O) groups excluding carboxylic acids is 1. The van der Waals surface area contributed by atoms with Gasteiger partial charge in [0, 0.05) is 45.0 Å². The quantitative estimate of drug-likeness (QED) is 0.316. The van der Waals surface area contributed by atoms with E-state index in [0.717, 1.165) is 49.7 Å². The van der Waals surface area contributed by atoms with Crippen LogP contribution in [0.4, 0.5) is 10.5 Å². The molecule has 0 aromatic heterocycles. The van der Waals surface area contributed by atoms with E-state index in [1.165, 1.54) is 0 Å². The van der Waals surface area contributed by atoms with Gasteiger partial charge in [-0.25, -0.2) is 4.79 Å². The van der Waals surface area contributed by atoms with Crippen molar-refractivity contribution < 1.29 is 9.53 Å². The molecule has 1 aliphatic heterocycles. The van der Waals surface area contributed by atoms with E-state index in [1.54, 1.807) is 0 Å². The summed E-state index contributed by atoms with van der Waals surface area (Å²) in [5.74, 6) is 0.920. The number of halogens is 1. The van der Waals surface area contributed by atoms with E-state index in [1.807, 2.05) is 52.1 Å². The monoisotopic (exact) mass is 503 g/mol. The van der Waals surface area contributed by atoms with Crippen LogP contribution in [0, 0.1) is 0 Å². The van der Waals surface area contributed by atoms with Crippen LogP contribution in [0.15, 0.2) is 29.3 Å². The molecule has 1 aromatic rings. The highest BCUT2D eigenvalue weighted by molar-refractivity contribution is 14.0. The van der Waals surface area contributed by atoms with Crippen molar-refractivity contribution in [1.29, 1.82) is 0 Å². The number of urea groups is 1. The molecule has 0 radical (unpaired) electrons. The number of nitrogens with zero attached hydrogens (tertiary/aromatic N) is 2. The van der Waals surface area contributed by atoms with Crippen LogP contribution in [0.5, 0.6) is 0 Å². The molecule has 1 aliphatic rings. The summed E-state index contributed by atoms with van der Waals surface area (Å²) < 4.78 is 5.71. The van der Waals surface area contributed by atoms with E-state index in [4.69, 9.17) is 4.74 Å². The summed E-state index contributed by atoms with van der Waals surface area (Å²) >= 11 is 0. The largest absolute Gasteiger partial charge is 0.378 e. The molecule has 0 bridgehead atoms. The molecule has 8 heteroatoms. The van der Waals surface area contributed by atoms with Gasteiger partial charge in [-0.1, -0.05) is 12.1 Å². The van der Waals surface area contributed by atoms with Crippen LogP contribution in [0.2, 0.25) is 0 Å². The summed E-state index contributed by atoms with van der Waals surface area (Å²) in [5.41, 5.74) is 1.91. The van der Waals surface area contributed by atoms with E-state index in [0.29, 0.717) is 12.6 Å². The molecule has 3 N–H and O–H groups in total. The first-order chi connectivity index (χ1) is 13.0. The molecule has 0 atom stereocenters. The van der Waals surface area contributed by atoms with Crippen molar-refractivity contribution in [2.75, 3.05) is 32.1 Å². The Morgan fingerprint density at radius 2 is 1.89 bits per heavy atom. The molecule has 1 aromatic carbocycles. The summed E-state index contributed by atoms with van der Waals surface area (Å²) in [4.78, 5) is 18.4. The lowest BCUT2D eigenvalue weighted by atomic mass is 10.1. The highest BCUT2D eigenvalue weighted by atomic mass is 127. The first-order valence-corrected chi connectivity index (χ1v) is 9.75. The maximum atomic E-state index is 11.7. The van der Waals surface area contributed by atoms with Gasteiger partial charge in [-0.05, 0) is 51.3 Å². The number of anilines is 1. The van der Waals surface area contributed by atoms with Crippen molar-refractivity contribution in [2.24, 2.45) is 4.99 Å². The van der Waals surface area contributed by atoms with Crippen molar-refractivity contribution >= 4 is 41.7 Å². The van der Waals surface area contributed by atoms with Gasteiger partial charge < -0.3 is 25.6 Å². The van der Waals surface area contributed by atoms with Gasteiger partial charge in [-0.3, -0.25) is 4.99 Å². The number of aliphatic imine (C=N–C) groups is 1. The highest BCUT2D eigenvalue weighted by Crippen LogP contribution is 2.14. The second kappa shape index (κ2) is 12.8. The third-order valence-corrected chi connectivity index (χ3v) is 4.44. The Hall–Kier alpha value is -1.55. The summed E-state index contributed by atoms with van der Waals surface area (Å²) in [6.45, 7) is 9.29. The van der Waals surface area contributed by atoms with Crippen LogP contribution in [0.1, 0.15) is 39.2 Å². The molecule has 7 nitrogen and oxygen atoms in total. The molecule has 2 rings (SSSR count). The fourth-order valence-corrected chi connectivity index (χ4v) is 3.12. The third-order valence-electron chi connectivity index (χ3n) is 4.44. The van der Waals surface area contributed by atoms with Gasteiger partial charge >= 0.3 is 6.03 Å². The molecule has 0 aliphatic carbocycles. The lowest BCUT2D eigenvalue weighted by Crippen LogP contribution is -2.46. The maximum Gasteiger partial charge on any atom is 0.319 e. The molecule has 28 heavy (non-hydrogen) atoms. The number of rotatable bonds is 6. The van der Waals surface area contributed by atoms with Gasteiger partial charge in [0.1, 0.15) is 0 Å². The molecule has 1 saturated heterocycles. The number of nitrogens with one attached hydrogen (secondary N) is 3. The second-order valence-corrected chi connectivity index (χ2v) is 6.99. The Balaban J connectivity index is 0.00000392. The predicted octanol–water partition coefficient (Wildman–Crippen LogP) is 3.41. The van der Waals surface area contributed by atoms with Gasteiger partial charge in [-0.2, -0.15) is 0 Å². The van der Waals surface area contributed by atoms with Crippen molar-refractivity contribution in [3.05, 3.63) is 29.8 Å². The van der Waals surface area contributed by atoms with Crippen molar-refractivity contribution in [3.63, 3.8) is 0 Å². The van der Waals surface area contributed by atoms with Crippen LogP contribution in [0.25, 0.3) is 0 Å². The van der Waals surface area contributed by atoms with E-state index >= 15 is 0 Å². The highest BCUT2D eigenvalue weighted by Gasteiger charge is 2.21. The average molecular weight is 503 g/mol. The molecule has 1 fully saturated rings. The Morgan fingerprint density at radius 3 is 2.43 bits per heavy atom. The van der Waals surface area contributed by atoms with Gasteiger partial charge in [0.25, 0.3) is 0 Å². The molecular weight excluding hydrogens is 469 g/mol. The Morgan fingerprint density at radius 1 is 1.25 bits per heavy atom. The van der Waals surface area contributed by atoms with Gasteiger partial charge in [0.15, 0.2) is 5.96 Å². The van der Waals surface area contributed by atoms with Crippen LogP contribution < -0.4 is 16.0 Å². The fraction of sp³-hybridized carbons (Fsp3) is 0.600. The zero-order valence-electron chi connectivity index (χ0n) is 17.3. The number of hydrogen-bond acceptors (Lipinski definition) is 3. The number of ether oxygens (including phenoxy) is 1. The van der Waals surface area contributed by atoms with Gasteiger partial charge in [0.05, 0.1) is 6.10 Å². The minimum absolute atomic E-state index is 0. The molecular formula is C20H34IN5O2. The number of hydrogen-bond donors (Lipinski definition) is 3. The number of likely N-dealkylation sites (tertiary alicyclic amines) is 1. The molecule has 0 saturated carbocycles. The summed E-state index contributed by atoms with van der Waals surface area (Å²) in [5, 5.41) is 9.06. The third kappa shape index (κ3) is 8.22. The number of guanidine groups is 1. The molecule has 158 valence electrons. The van der Waals surface area contributed by atoms with Crippen molar-refractivity contribution in [3.8, 4) is 0 Å². The number of benzene rings is 1. The standard InChI is InChI=1S/C20H33N5O2.HI/c1-5-27-18-10-12-25(13-11-18)19(21-4)22-14-16-6-8-17(9-7-16)24-20(26)23-15(2)3;/h6-9,15,18H,5,10-14H2,1-4H3,(H,21,22)(H2,23,24,26);1H. The average Bonchev–Trinajstić information content (AvgIpc) is 2.64. The lowest BCUT2D eigenvalue weighted by Gasteiger charge is -2.34. The SMILES string of the molecule is CCOC1CCN(C(=NC)NCc2ccc(NC(=O)NC(C)C)cc2)CC1.I. The topological polar surface area (TPSA) is 78.0 Å². The number of carbonyl (C=O) groups is 1. The molecule has 1 heterocycles. The zero-order valence-corrected chi connectivity index (χ0v) is 19.7. The van der Waals surface area contributed by atoms with E-state index in [-0.39, 0.29) is 36.0 Å². The second-order valence-electron chi connectivity index (χ2n) is 6.99. The van der Waals surface area contributed by atoms with Gasteiger partial charge in [0.2, 0.25) is 0 Å². The normalized spacial score (nSPS) is 15.2. The van der Waals surface area contributed by atoms with Gasteiger partial charge in [-0.15, -0.1) is 24.0 Å². The van der Waals surface area contributed by atoms with E-state index < -0.39 is 0 Å². The molecule has 0 unspecified atom stereocenters. The molecule has 0 spiro atoms. The first kappa shape index (κ1) is 24.5. The maximum absolute atomic E-state index is 11.7. The molecule has 2 amide bonds. The number of amides is 2. The minimum atomic E-state index is -0.188. The number of piperidine rings is 1. The summed E-state index contributed by atoms with van der Waals surface area (Å²) in [6.07, 6.45) is 2.44. The zero-order chi connectivity index (χ0) is 19.6. The van der Waals surface area contributed by atoms with E-state index in [9.17, 15) is 4.79 Å². The van der Waals surface area contributed by atoms with Crippen molar-refractivity contribution in [1.82, 2.24) is 15.5 Å². The van der Waals surface area contributed by atoms with E-state index in [2.05, 4.69) is 25.8 Å². The Labute approximate surface area is 185 Å². The lowest BCUT2D eigenvalue weighted by molar-refractivity contribution is 0.0263. The van der Waals surface area contributed by atoms with Crippen LogP contribution in [0.3, 0.4) is 0 Å². The van der Waals surface area contributed by atoms with Crippen LogP contribution >= 0.6 is 24.0 Å². The Bertz CT molecular complexity index is 614. The summed E-state index contributed by atoms with van der Waals surface area (Å²) in [7, 11) is 1.82. The fourth-order valence-electron chi connectivity index (χ4n) is 3.12. The summed E-state index contributed by atoms with van der Waals surface area (Å²) in [6, 6.07) is 7.75.